The van der Waals surface area contributed by atoms with Gasteiger partial charge in [-0.1, -0.05) is 19.9 Å². The molecule has 6 heteroatoms. The number of hydrogen-bond donors (Lipinski definition) is 0. The van der Waals surface area contributed by atoms with Gasteiger partial charge < -0.3 is 18.9 Å². The van der Waals surface area contributed by atoms with E-state index in [1.54, 1.807) is 51.1 Å². The molecule has 0 aromatic heterocycles. The van der Waals surface area contributed by atoms with Crippen LogP contribution in [0.15, 0.2) is 48.5 Å². The van der Waals surface area contributed by atoms with E-state index in [0.29, 0.717) is 36.0 Å². The number of carbonyl (C=O) groups is 2. The Balaban J connectivity index is 2.07. The van der Waals surface area contributed by atoms with Crippen LogP contribution in [0.2, 0.25) is 0 Å². The summed E-state index contributed by atoms with van der Waals surface area (Å²) in [5, 5.41) is 0. The summed E-state index contributed by atoms with van der Waals surface area (Å²) in [7, 11) is 0. The highest BCUT2D eigenvalue weighted by Crippen LogP contribution is 2.30. The number of ketones is 1. The third-order valence-electron chi connectivity index (χ3n) is 4.52. The van der Waals surface area contributed by atoms with Gasteiger partial charge in [0.1, 0.15) is 17.2 Å². The molecule has 33 heavy (non-hydrogen) atoms. The van der Waals surface area contributed by atoms with Gasteiger partial charge in [0.15, 0.2) is 5.78 Å². The molecule has 2 aromatic carbocycles. The number of carbonyl (C=O) groups excluding carboxylic acids is 2. The van der Waals surface area contributed by atoms with E-state index in [0.717, 1.165) is 18.4 Å². The predicted molar refractivity (Wildman–Crippen MR) is 129 cm³/mol. The SMILES string of the molecule is CCCOc1cccc(OCCC)c1/C=C/C(=O)c1ccc(OCOC(=O)C(C)(C)C)cc1. The number of ether oxygens (including phenoxy) is 4. The predicted octanol–water partition coefficient (Wildman–Crippen LogP) is 6.09. The summed E-state index contributed by atoms with van der Waals surface area (Å²) in [6.07, 6.45) is 5.00. The van der Waals surface area contributed by atoms with Crippen molar-refractivity contribution in [2.45, 2.75) is 47.5 Å². The van der Waals surface area contributed by atoms with E-state index in [2.05, 4.69) is 0 Å². The molecule has 0 saturated heterocycles. The van der Waals surface area contributed by atoms with Crippen LogP contribution in [-0.4, -0.2) is 31.8 Å². The molecule has 0 atom stereocenters. The van der Waals surface area contributed by atoms with E-state index in [-0.39, 0.29) is 18.5 Å². The quantitative estimate of drug-likeness (QED) is 0.167. The zero-order valence-corrected chi connectivity index (χ0v) is 20.2. The second-order valence-corrected chi connectivity index (χ2v) is 8.53. The lowest BCUT2D eigenvalue weighted by molar-refractivity contribution is -0.159. The molecule has 0 N–H and O–H groups in total. The highest BCUT2D eigenvalue weighted by molar-refractivity contribution is 6.07. The van der Waals surface area contributed by atoms with Gasteiger partial charge in [0.25, 0.3) is 0 Å². The van der Waals surface area contributed by atoms with Crippen LogP contribution < -0.4 is 14.2 Å². The third kappa shape index (κ3) is 8.29. The first-order valence-corrected chi connectivity index (χ1v) is 11.3. The molecule has 0 aliphatic carbocycles. The van der Waals surface area contributed by atoms with Crippen molar-refractivity contribution in [2.24, 2.45) is 5.41 Å². The number of hydrogen-bond acceptors (Lipinski definition) is 6. The molecule has 0 aliphatic rings. The Morgan fingerprint density at radius 3 is 1.94 bits per heavy atom. The van der Waals surface area contributed by atoms with E-state index < -0.39 is 5.41 Å². The Bertz CT molecular complexity index is 912. The summed E-state index contributed by atoms with van der Waals surface area (Å²) < 4.78 is 22.2. The molecule has 2 rings (SSSR count). The molecular weight excluding hydrogens is 420 g/mol. The van der Waals surface area contributed by atoms with Crippen molar-refractivity contribution in [1.29, 1.82) is 0 Å². The Kier molecular flexibility index (Phi) is 9.98. The van der Waals surface area contributed by atoms with Gasteiger partial charge in [-0.2, -0.15) is 0 Å². The second-order valence-electron chi connectivity index (χ2n) is 8.53. The van der Waals surface area contributed by atoms with E-state index in [9.17, 15) is 9.59 Å². The molecule has 2 aromatic rings. The van der Waals surface area contributed by atoms with Crippen molar-refractivity contribution in [3.8, 4) is 17.2 Å². The molecule has 0 radical (unpaired) electrons. The molecule has 0 unspecified atom stereocenters. The minimum absolute atomic E-state index is 0.160. The average molecular weight is 455 g/mol. The van der Waals surface area contributed by atoms with Crippen LogP contribution in [0.3, 0.4) is 0 Å². The zero-order valence-electron chi connectivity index (χ0n) is 20.2. The number of rotatable bonds is 12. The minimum Gasteiger partial charge on any atom is -0.493 e. The van der Waals surface area contributed by atoms with Gasteiger partial charge >= 0.3 is 5.97 Å². The molecular formula is C27H34O6. The van der Waals surface area contributed by atoms with E-state index in [1.165, 1.54) is 6.08 Å². The summed E-state index contributed by atoms with van der Waals surface area (Å²) in [4.78, 5) is 24.5. The van der Waals surface area contributed by atoms with Crippen molar-refractivity contribution >= 4 is 17.8 Å². The van der Waals surface area contributed by atoms with Gasteiger partial charge in [-0.3, -0.25) is 9.59 Å². The van der Waals surface area contributed by atoms with Gasteiger partial charge in [-0.15, -0.1) is 0 Å². The molecule has 0 bridgehead atoms. The molecule has 0 heterocycles. The van der Waals surface area contributed by atoms with Crippen LogP contribution in [-0.2, 0) is 9.53 Å². The van der Waals surface area contributed by atoms with Crippen molar-refractivity contribution in [2.75, 3.05) is 20.0 Å². The van der Waals surface area contributed by atoms with Crippen molar-refractivity contribution in [3.63, 3.8) is 0 Å². The zero-order chi connectivity index (χ0) is 24.3. The van der Waals surface area contributed by atoms with E-state index in [4.69, 9.17) is 18.9 Å². The maximum absolute atomic E-state index is 12.7. The molecule has 6 nitrogen and oxygen atoms in total. The first-order chi connectivity index (χ1) is 15.8. The Morgan fingerprint density at radius 2 is 1.42 bits per heavy atom. The van der Waals surface area contributed by atoms with E-state index >= 15 is 0 Å². The highest BCUT2D eigenvalue weighted by Gasteiger charge is 2.23. The fraction of sp³-hybridized carbons (Fsp3) is 0.407. The lowest BCUT2D eigenvalue weighted by Crippen LogP contribution is -2.24. The fourth-order valence-electron chi connectivity index (χ4n) is 2.70. The Hall–Kier alpha value is -3.28. The van der Waals surface area contributed by atoms with Gasteiger partial charge in [0, 0.05) is 5.56 Å². The van der Waals surface area contributed by atoms with Gasteiger partial charge in [0.05, 0.1) is 24.2 Å². The highest BCUT2D eigenvalue weighted by atomic mass is 16.7. The second kappa shape index (κ2) is 12.7. The summed E-state index contributed by atoms with van der Waals surface area (Å²) in [6, 6.07) is 12.3. The van der Waals surface area contributed by atoms with Gasteiger partial charge in [0.2, 0.25) is 6.79 Å². The smallest absolute Gasteiger partial charge is 0.314 e. The molecule has 0 aliphatic heterocycles. The van der Waals surface area contributed by atoms with Crippen molar-refractivity contribution in [1.82, 2.24) is 0 Å². The lowest BCUT2D eigenvalue weighted by atomic mass is 9.98. The average Bonchev–Trinajstić information content (AvgIpc) is 2.80. The molecule has 0 saturated carbocycles. The largest absolute Gasteiger partial charge is 0.493 e. The summed E-state index contributed by atoms with van der Waals surface area (Å²) in [6.45, 7) is 10.4. The fourth-order valence-corrected chi connectivity index (χ4v) is 2.70. The Labute approximate surface area is 196 Å². The normalized spacial score (nSPS) is 11.3. The number of esters is 1. The van der Waals surface area contributed by atoms with Crippen LogP contribution in [0.5, 0.6) is 17.2 Å². The topological polar surface area (TPSA) is 71.1 Å². The van der Waals surface area contributed by atoms with Crippen LogP contribution in [0, 0.1) is 5.41 Å². The molecule has 178 valence electrons. The molecule has 0 fully saturated rings. The first-order valence-electron chi connectivity index (χ1n) is 11.3. The maximum Gasteiger partial charge on any atom is 0.314 e. The summed E-state index contributed by atoms with van der Waals surface area (Å²) in [5.41, 5.74) is 0.662. The summed E-state index contributed by atoms with van der Waals surface area (Å²) in [5.74, 6) is 1.37. The third-order valence-corrected chi connectivity index (χ3v) is 4.52. The number of benzene rings is 2. The Morgan fingerprint density at radius 1 is 0.848 bits per heavy atom. The summed E-state index contributed by atoms with van der Waals surface area (Å²) >= 11 is 0. The van der Waals surface area contributed by atoms with Crippen LogP contribution in [0.4, 0.5) is 0 Å². The standard InChI is InChI=1S/C27H34O6/c1-6-17-30-24-9-8-10-25(31-18-7-2)22(24)15-16-23(28)20-11-13-21(14-12-20)32-19-33-26(29)27(3,4)5/h8-16H,6-7,17-19H2,1-5H3/b16-15+. The van der Waals surface area contributed by atoms with Crippen molar-refractivity contribution < 1.29 is 28.5 Å². The van der Waals surface area contributed by atoms with Crippen LogP contribution in [0.25, 0.3) is 6.08 Å². The van der Waals surface area contributed by atoms with Crippen LogP contribution in [0.1, 0.15) is 63.4 Å². The molecule has 0 spiro atoms. The van der Waals surface area contributed by atoms with Gasteiger partial charge in [-0.05, 0) is 82.2 Å². The van der Waals surface area contributed by atoms with Gasteiger partial charge in [-0.25, -0.2) is 0 Å². The van der Waals surface area contributed by atoms with Crippen LogP contribution >= 0.6 is 0 Å². The number of allylic oxidation sites excluding steroid dienone is 1. The minimum atomic E-state index is -0.590. The van der Waals surface area contributed by atoms with Crippen molar-refractivity contribution in [3.05, 3.63) is 59.7 Å². The first kappa shape index (κ1) is 26.0. The van der Waals surface area contributed by atoms with E-state index in [1.807, 2.05) is 32.0 Å². The molecule has 0 amide bonds. The maximum atomic E-state index is 12.7. The monoisotopic (exact) mass is 454 g/mol. The lowest BCUT2D eigenvalue weighted by Gasteiger charge is -2.16.